The third-order valence-corrected chi connectivity index (χ3v) is 5.79. The van der Waals surface area contributed by atoms with Crippen LogP contribution in [0.5, 0.6) is 0 Å². The van der Waals surface area contributed by atoms with Gasteiger partial charge in [-0.3, -0.25) is 0 Å². The maximum atomic E-state index is 3.67. The van der Waals surface area contributed by atoms with Gasteiger partial charge >= 0.3 is 0 Å². The van der Waals surface area contributed by atoms with Crippen LogP contribution in [0.2, 0.25) is 0 Å². The molecule has 0 aromatic heterocycles. The first kappa shape index (κ1) is 16.9. The molecule has 0 aliphatic carbocycles. The molecule has 2 aromatic carbocycles. The number of anilines is 1. The van der Waals surface area contributed by atoms with Gasteiger partial charge in [0.2, 0.25) is 0 Å². The minimum Gasteiger partial charge on any atom is -0.382 e. The maximum Gasteiger partial charge on any atom is 0.103 e. The molecule has 0 spiro atoms. The van der Waals surface area contributed by atoms with Gasteiger partial charge in [0.25, 0.3) is 0 Å². The lowest BCUT2D eigenvalue weighted by molar-refractivity contribution is -0.918. The lowest BCUT2D eigenvalue weighted by Crippen LogP contribution is -3.12. The summed E-state index contributed by atoms with van der Waals surface area (Å²) in [6, 6.07) is 18.1. The molecule has 1 saturated heterocycles. The van der Waals surface area contributed by atoms with Crippen LogP contribution in [-0.4, -0.2) is 25.4 Å². The summed E-state index contributed by atoms with van der Waals surface area (Å²) in [4.78, 5) is 3.05. The van der Waals surface area contributed by atoms with E-state index in [9.17, 15) is 0 Å². The third kappa shape index (κ3) is 5.00. The fourth-order valence-corrected chi connectivity index (χ4v) is 3.83. The van der Waals surface area contributed by atoms with Crippen molar-refractivity contribution < 1.29 is 4.90 Å². The first-order valence-corrected chi connectivity index (χ1v) is 10.2. The summed E-state index contributed by atoms with van der Waals surface area (Å²) in [7, 11) is 0. The molecule has 0 bridgehead atoms. The van der Waals surface area contributed by atoms with E-state index in [1.807, 2.05) is 11.8 Å². The van der Waals surface area contributed by atoms with Gasteiger partial charge in [-0.1, -0.05) is 28.1 Å². The van der Waals surface area contributed by atoms with Crippen LogP contribution >= 0.6 is 27.7 Å². The average molecular weight is 392 g/mol. The fraction of sp³-hybridized carbons (Fsp3) is 0.368. The fourth-order valence-electron chi connectivity index (χ4n) is 3.16. The smallest absolute Gasteiger partial charge is 0.103 e. The first-order chi connectivity index (χ1) is 11.2. The van der Waals surface area contributed by atoms with Crippen LogP contribution in [0.3, 0.4) is 0 Å². The Bertz CT molecular complexity index is 604. The second-order valence-electron chi connectivity index (χ2n) is 6.20. The second-order valence-corrected chi connectivity index (χ2v) is 8.00. The molecule has 1 fully saturated rings. The van der Waals surface area contributed by atoms with Crippen LogP contribution < -0.4 is 10.2 Å². The highest BCUT2D eigenvalue weighted by Crippen LogP contribution is 2.17. The van der Waals surface area contributed by atoms with Gasteiger partial charge in [0, 0.05) is 39.5 Å². The standard InChI is InChI=1S/C19H23BrN2S/c1-23-19-8-2-15(3-9-19)14-22-12-10-18(11-13-22)21-17-6-4-16(20)5-7-17/h2-9,18,21H,10-14H2,1H3/p+1. The van der Waals surface area contributed by atoms with Gasteiger partial charge < -0.3 is 10.2 Å². The van der Waals surface area contributed by atoms with E-state index in [4.69, 9.17) is 0 Å². The molecule has 0 saturated carbocycles. The van der Waals surface area contributed by atoms with Gasteiger partial charge in [-0.2, -0.15) is 0 Å². The van der Waals surface area contributed by atoms with Crippen LogP contribution in [0.4, 0.5) is 5.69 Å². The van der Waals surface area contributed by atoms with Crippen molar-refractivity contribution in [2.24, 2.45) is 0 Å². The predicted octanol–water partition coefficient (Wildman–Crippen LogP) is 3.83. The van der Waals surface area contributed by atoms with Crippen molar-refractivity contribution in [3.05, 3.63) is 58.6 Å². The van der Waals surface area contributed by atoms with Gasteiger partial charge in [0.15, 0.2) is 0 Å². The summed E-state index contributed by atoms with van der Waals surface area (Å²) in [6.45, 7) is 3.65. The number of quaternary nitrogens is 1. The summed E-state index contributed by atoms with van der Waals surface area (Å²) >= 11 is 5.29. The number of hydrogen-bond acceptors (Lipinski definition) is 2. The summed E-state index contributed by atoms with van der Waals surface area (Å²) in [6.07, 6.45) is 4.62. The SMILES string of the molecule is CSc1ccc(C[NH+]2CCC(Nc3ccc(Br)cc3)CC2)cc1. The molecule has 0 unspecified atom stereocenters. The second kappa shape index (κ2) is 8.22. The molecule has 1 aliphatic heterocycles. The Labute approximate surface area is 151 Å². The highest BCUT2D eigenvalue weighted by Gasteiger charge is 2.22. The zero-order chi connectivity index (χ0) is 16.1. The number of rotatable bonds is 5. The average Bonchev–Trinajstić information content (AvgIpc) is 2.59. The van der Waals surface area contributed by atoms with E-state index in [0.29, 0.717) is 6.04 Å². The van der Waals surface area contributed by atoms with Gasteiger partial charge in [-0.25, -0.2) is 0 Å². The van der Waals surface area contributed by atoms with Crippen LogP contribution in [0, 0.1) is 0 Å². The largest absolute Gasteiger partial charge is 0.382 e. The molecule has 0 amide bonds. The molecule has 0 radical (unpaired) electrons. The number of thioether (sulfide) groups is 1. The maximum absolute atomic E-state index is 3.67. The van der Waals surface area contributed by atoms with E-state index in [1.165, 1.54) is 42.1 Å². The first-order valence-electron chi connectivity index (χ1n) is 8.21. The van der Waals surface area contributed by atoms with Crippen LogP contribution in [-0.2, 0) is 6.54 Å². The van der Waals surface area contributed by atoms with Crippen molar-refractivity contribution in [3.63, 3.8) is 0 Å². The van der Waals surface area contributed by atoms with E-state index in [1.54, 1.807) is 4.90 Å². The van der Waals surface area contributed by atoms with E-state index in [-0.39, 0.29) is 0 Å². The van der Waals surface area contributed by atoms with Crippen LogP contribution in [0.25, 0.3) is 0 Å². The van der Waals surface area contributed by atoms with Gasteiger partial charge in [-0.05, 0) is 42.7 Å². The number of halogens is 1. The highest BCUT2D eigenvalue weighted by atomic mass is 79.9. The summed E-state index contributed by atoms with van der Waals surface area (Å²) in [5.41, 5.74) is 2.69. The highest BCUT2D eigenvalue weighted by molar-refractivity contribution is 9.10. The van der Waals surface area contributed by atoms with Crippen molar-refractivity contribution in [2.75, 3.05) is 24.7 Å². The molecule has 2 aromatic rings. The number of likely N-dealkylation sites (tertiary alicyclic amines) is 1. The van der Waals surface area contributed by atoms with Crippen molar-refractivity contribution in [2.45, 2.75) is 30.3 Å². The number of piperidine rings is 1. The molecule has 2 nitrogen and oxygen atoms in total. The van der Waals surface area contributed by atoms with Gasteiger partial charge in [0.1, 0.15) is 6.54 Å². The van der Waals surface area contributed by atoms with Crippen molar-refractivity contribution in [1.82, 2.24) is 0 Å². The molecular weight excluding hydrogens is 368 g/mol. The van der Waals surface area contributed by atoms with Crippen molar-refractivity contribution in [3.8, 4) is 0 Å². The lowest BCUT2D eigenvalue weighted by Gasteiger charge is -2.30. The molecule has 122 valence electrons. The third-order valence-electron chi connectivity index (χ3n) is 4.52. The number of hydrogen-bond donors (Lipinski definition) is 2. The Morgan fingerprint density at radius 2 is 1.70 bits per heavy atom. The monoisotopic (exact) mass is 391 g/mol. The Hall–Kier alpha value is -0.970. The van der Waals surface area contributed by atoms with Gasteiger partial charge in [-0.15, -0.1) is 11.8 Å². The van der Waals surface area contributed by atoms with E-state index in [0.717, 1.165) is 11.0 Å². The number of nitrogens with one attached hydrogen (secondary N) is 2. The van der Waals surface area contributed by atoms with E-state index in [2.05, 4.69) is 76.0 Å². The molecule has 2 N–H and O–H groups in total. The zero-order valence-electron chi connectivity index (χ0n) is 13.5. The quantitative estimate of drug-likeness (QED) is 0.753. The lowest BCUT2D eigenvalue weighted by atomic mass is 10.0. The predicted molar refractivity (Wildman–Crippen MR) is 103 cm³/mol. The molecule has 1 aliphatic rings. The van der Waals surface area contributed by atoms with Crippen molar-refractivity contribution in [1.29, 1.82) is 0 Å². The topological polar surface area (TPSA) is 16.5 Å². The molecular formula is C19H24BrN2S+. The Balaban J connectivity index is 1.47. The van der Waals surface area contributed by atoms with Gasteiger partial charge in [0.05, 0.1) is 13.1 Å². The molecule has 4 heteroatoms. The van der Waals surface area contributed by atoms with Crippen LogP contribution in [0.15, 0.2) is 57.9 Å². The minimum absolute atomic E-state index is 0.610. The zero-order valence-corrected chi connectivity index (χ0v) is 15.9. The molecule has 23 heavy (non-hydrogen) atoms. The normalized spacial score (nSPS) is 21.1. The van der Waals surface area contributed by atoms with E-state index >= 15 is 0 Å². The van der Waals surface area contributed by atoms with E-state index < -0.39 is 0 Å². The molecule has 0 atom stereocenters. The summed E-state index contributed by atoms with van der Waals surface area (Å²) < 4.78 is 1.13. The Kier molecular flexibility index (Phi) is 6.03. The van der Waals surface area contributed by atoms with Crippen molar-refractivity contribution >= 4 is 33.4 Å². The Morgan fingerprint density at radius 3 is 2.30 bits per heavy atom. The van der Waals surface area contributed by atoms with Crippen LogP contribution in [0.1, 0.15) is 18.4 Å². The summed E-state index contributed by atoms with van der Waals surface area (Å²) in [5, 5.41) is 3.67. The minimum atomic E-state index is 0.610. The molecule has 1 heterocycles. The summed E-state index contributed by atoms with van der Waals surface area (Å²) in [5.74, 6) is 0. The Morgan fingerprint density at radius 1 is 1.04 bits per heavy atom. The molecule has 3 rings (SSSR count). The number of benzene rings is 2.